The van der Waals surface area contributed by atoms with Crippen LogP contribution < -0.4 is 10.2 Å². The number of aromatic nitrogens is 1. The smallest absolute Gasteiger partial charge is 0.136 e. The van der Waals surface area contributed by atoms with E-state index in [-0.39, 0.29) is 0 Å². The number of hydrogen-bond donors (Lipinski definition) is 1. The molecule has 1 N–H and O–H groups in total. The van der Waals surface area contributed by atoms with Crippen LogP contribution in [0.1, 0.15) is 12.8 Å². The first-order valence-corrected chi connectivity index (χ1v) is 6.55. The van der Waals surface area contributed by atoms with Crippen LogP contribution in [0, 0.1) is 0 Å². The summed E-state index contributed by atoms with van der Waals surface area (Å²) >= 11 is 6.36. The lowest BCUT2D eigenvalue weighted by atomic mass is 10.1. The molecule has 3 nitrogen and oxygen atoms in total. The summed E-state index contributed by atoms with van der Waals surface area (Å²) in [5, 5.41) is 6.45. The van der Waals surface area contributed by atoms with Gasteiger partial charge in [0.2, 0.25) is 0 Å². The molecule has 18 heavy (non-hydrogen) atoms. The quantitative estimate of drug-likeness (QED) is 0.916. The van der Waals surface area contributed by atoms with E-state index in [0.29, 0.717) is 6.04 Å². The minimum atomic E-state index is 0.594. The number of hydrogen-bond acceptors (Lipinski definition) is 3. The summed E-state index contributed by atoms with van der Waals surface area (Å²) in [6.45, 7) is 0. The Labute approximate surface area is 112 Å². The third-order valence-corrected chi connectivity index (χ3v) is 3.52. The van der Waals surface area contributed by atoms with Gasteiger partial charge in [0.15, 0.2) is 0 Å². The van der Waals surface area contributed by atoms with Gasteiger partial charge in [-0.05, 0) is 18.9 Å². The van der Waals surface area contributed by atoms with Gasteiger partial charge in [-0.2, -0.15) is 0 Å². The normalized spacial score (nSPS) is 14.8. The Bertz CT molecular complexity index is 591. The number of nitrogens with zero attached hydrogens (tertiary/aromatic N) is 2. The fraction of sp³-hybridized carbons (Fsp3) is 0.357. The molecule has 0 radical (unpaired) electrons. The van der Waals surface area contributed by atoms with E-state index in [1.54, 1.807) is 0 Å². The average Bonchev–Trinajstić information content (AvgIpc) is 3.13. The summed E-state index contributed by atoms with van der Waals surface area (Å²) in [6.07, 6.45) is 4.37. The van der Waals surface area contributed by atoms with Gasteiger partial charge >= 0.3 is 0 Å². The Kier molecular flexibility index (Phi) is 2.78. The van der Waals surface area contributed by atoms with Crippen molar-refractivity contribution in [3.63, 3.8) is 0 Å². The summed E-state index contributed by atoms with van der Waals surface area (Å²) in [7, 11) is 3.99. The number of rotatable bonds is 3. The second-order valence-corrected chi connectivity index (χ2v) is 5.38. The van der Waals surface area contributed by atoms with E-state index in [1.165, 1.54) is 12.8 Å². The number of nitrogens with one attached hydrogen (secondary N) is 1. The molecule has 0 aliphatic heterocycles. The molecule has 1 fully saturated rings. The highest BCUT2D eigenvalue weighted by Gasteiger charge is 2.22. The van der Waals surface area contributed by atoms with Crippen LogP contribution in [-0.4, -0.2) is 25.1 Å². The molecule has 1 saturated carbocycles. The SMILES string of the molecule is CN(C)c1ncc(NC2CC2)c2c(Cl)cccc12. The van der Waals surface area contributed by atoms with Crippen molar-refractivity contribution in [1.29, 1.82) is 0 Å². The van der Waals surface area contributed by atoms with Gasteiger partial charge in [-0.25, -0.2) is 4.98 Å². The topological polar surface area (TPSA) is 28.2 Å². The van der Waals surface area contributed by atoms with Crippen LogP contribution in [0.5, 0.6) is 0 Å². The summed E-state index contributed by atoms with van der Waals surface area (Å²) < 4.78 is 0. The highest BCUT2D eigenvalue weighted by Crippen LogP contribution is 2.36. The highest BCUT2D eigenvalue weighted by molar-refractivity contribution is 6.37. The Balaban J connectivity index is 2.22. The standard InChI is InChI=1S/C14H16ClN3/c1-18(2)14-10-4-3-5-11(15)13(10)12(8-16-14)17-9-6-7-9/h3-5,8-9,17H,6-7H2,1-2H3. The van der Waals surface area contributed by atoms with Gasteiger partial charge in [-0.3, -0.25) is 0 Å². The lowest BCUT2D eigenvalue weighted by molar-refractivity contribution is 1.08. The Hall–Kier alpha value is -1.48. The molecule has 1 aliphatic carbocycles. The van der Waals surface area contributed by atoms with Crippen LogP contribution in [0.4, 0.5) is 11.5 Å². The number of halogens is 1. The molecule has 1 aromatic carbocycles. The van der Waals surface area contributed by atoms with E-state index in [0.717, 1.165) is 27.3 Å². The first-order chi connectivity index (χ1) is 8.66. The first-order valence-electron chi connectivity index (χ1n) is 6.18. The van der Waals surface area contributed by atoms with Gasteiger partial charge in [0.1, 0.15) is 5.82 Å². The largest absolute Gasteiger partial charge is 0.381 e. The van der Waals surface area contributed by atoms with Crippen LogP contribution in [0.2, 0.25) is 5.02 Å². The summed E-state index contributed by atoms with van der Waals surface area (Å²) in [5.74, 6) is 0.953. The van der Waals surface area contributed by atoms with Crippen LogP contribution >= 0.6 is 11.6 Å². The molecule has 1 aliphatic rings. The lowest BCUT2D eigenvalue weighted by Gasteiger charge is -2.17. The molecule has 1 aromatic heterocycles. The van der Waals surface area contributed by atoms with E-state index in [1.807, 2.05) is 37.3 Å². The summed E-state index contributed by atoms with van der Waals surface area (Å²) in [5.41, 5.74) is 1.05. The zero-order valence-corrected chi connectivity index (χ0v) is 11.3. The van der Waals surface area contributed by atoms with Crippen molar-refractivity contribution in [2.45, 2.75) is 18.9 Å². The maximum Gasteiger partial charge on any atom is 0.136 e. The van der Waals surface area contributed by atoms with Crippen LogP contribution in [0.15, 0.2) is 24.4 Å². The Morgan fingerprint density at radius 2 is 2.11 bits per heavy atom. The fourth-order valence-corrected chi connectivity index (χ4v) is 2.43. The summed E-state index contributed by atoms with van der Waals surface area (Å²) in [6, 6.07) is 6.57. The van der Waals surface area contributed by atoms with Crippen molar-refractivity contribution >= 4 is 33.9 Å². The number of pyridine rings is 1. The second kappa shape index (κ2) is 4.32. The molecule has 3 rings (SSSR count). The van der Waals surface area contributed by atoms with Crippen molar-refractivity contribution < 1.29 is 0 Å². The molecule has 0 unspecified atom stereocenters. The minimum Gasteiger partial charge on any atom is -0.381 e. The number of benzene rings is 1. The Morgan fingerprint density at radius 1 is 1.33 bits per heavy atom. The third-order valence-electron chi connectivity index (χ3n) is 3.20. The van der Waals surface area contributed by atoms with E-state index < -0.39 is 0 Å². The second-order valence-electron chi connectivity index (χ2n) is 4.97. The van der Waals surface area contributed by atoms with Crippen LogP contribution in [0.3, 0.4) is 0 Å². The first kappa shape index (κ1) is 11.6. The van der Waals surface area contributed by atoms with Crippen LogP contribution in [-0.2, 0) is 0 Å². The molecule has 1 heterocycles. The van der Waals surface area contributed by atoms with Gasteiger partial charge in [0, 0.05) is 30.9 Å². The molecule has 2 aromatic rings. The van der Waals surface area contributed by atoms with Gasteiger partial charge in [0.05, 0.1) is 16.9 Å². The molecule has 4 heteroatoms. The van der Waals surface area contributed by atoms with Gasteiger partial charge in [-0.15, -0.1) is 0 Å². The molecule has 94 valence electrons. The fourth-order valence-electron chi connectivity index (χ4n) is 2.16. The molecule has 0 atom stereocenters. The maximum atomic E-state index is 6.36. The number of anilines is 2. The lowest BCUT2D eigenvalue weighted by Crippen LogP contribution is -2.12. The summed E-state index contributed by atoms with van der Waals surface area (Å²) in [4.78, 5) is 6.55. The zero-order chi connectivity index (χ0) is 12.7. The van der Waals surface area contributed by atoms with E-state index >= 15 is 0 Å². The maximum absolute atomic E-state index is 6.36. The Morgan fingerprint density at radius 3 is 2.78 bits per heavy atom. The van der Waals surface area contributed by atoms with E-state index in [2.05, 4.69) is 16.4 Å². The average molecular weight is 262 g/mol. The van der Waals surface area contributed by atoms with Crippen molar-refractivity contribution in [3.05, 3.63) is 29.4 Å². The van der Waals surface area contributed by atoms with Gasteiger partial charge in [0.25, 0.3) is 0 Å². The highest BCUT2D eigenvalue weighted by atomic mass is 35.5. The predicted octanol–water partition coefficient (Wildman–Crippen LogP) is 3.53. The number of fused-ring (bicyclic) bond motifs is 1. The molecular formula is C14H16ClN3. The third kappa shape index (κ3) is 1.99. The van der Waals surface area contributed by atoms with Gasteiger partial charge in [-0.1, -0.05) is 23.7 Å². The molecule has 0 amide bonds. The van der Waals surface area contributed by atoms with Crippen molar-refractivity contribution in [2.24, 2.45) is 0 Å². The predicted molar refractivity (Wildman–Crippen MR) is 77.7 cm³/mol. The van der Waals surface area contributed by atoms with E-state index in [9.17, 15) is 0 Å². The zero-order valence-electron chi connectivity index (χ0n) is 10.6. The van der Waals surface area contributed by atoms with Crippen molar-refractivity contribution in [2.75, 3.05) is 24.3 Å². The minimum absolute atomic E-state index is 0.594. The van der Waals surface area contributed by atoms with Crippen molar-refractivity contribution in [3.8, 4) is 0 Å². The molecule has 0 saturated heterocycles. The molecule has 0 bridgehead atoms. The van der Waals surface area contributed by atoms with E-state index in [4.69, 9.17) is 11.6 Å². The molecule has 0 spiro atoms. The van der Waals surface area contributed by atoms with Gasteiger partial charge < -0.3 is 10.2 Å². The molecular weight excluding hydrogens is 246 g/mol. The monoisotopic (exact) mass is 261 g/mol. The van der Waals surface area contributed by atoms with Crippen molar-refractivity contribution in [1.82, 2.24) is 4.98 Å². The van der Waals surface area contributed by atoms with Crippen LogP contribution in [0.25, 0.3) is 10.8 Å².